The molecule has 0 radical (unpaired) electrons. The van der Waals surface area contributed by atoms with Crippen LogP contribution in [0, 0.1) is 27.7 Å². The largest absolute Gasteiger partial charge is 0.378 e. The van der Waals surface area contributed by atoms with Gasteiger partial charge >= 0.3 is 0 Å². The molecule has 0 unspecified atom stereocenters. The maximum Gasteiger partial charge on any atom is 0.138 e. The van der Waals surface area contributed by atoms with Crippen LogP contribution in [0.15, 0.2) is 147 Å². The monoisotopic (exact) mass is 1440 g/mol. The highest BCUT2D eigenvalue weighted by Crippen LogP contribution is 2.38. The number of anilines is 4. The molecule has 8 aromatic heterocycles. The molecule has 101 heavy (non-hydrogen) atoms. The molecule has 0 saturated carbocycles. The van der Waals surface area contributed by atoms with Crippen LogP contribution in [0.1, 0.15) is 44.5 Å². The van der Waals surface area contributed by atoms with Gasteiger partial charge in [-0.15, -0.1) is 0 Å². The molecule has 0 bridgehead atoms. The minimum atomic E-state index is 0.440. The average Bonchev–Trinajstić information content (AvgIpc) is 1.69. The molecule has 0 atom stereocenters. The van der Waals surface area contributed by atoms with Crippen molar-refractivity contribution in [2.45, 2.75) is 53.9 Å². The molecule has 20 nitrogen and oxygen atoms in total. The fraction of sp³-hybridized carbons (Fsp3) is 0.325. The smallest absolute Gasteiger partial charge is 0.138 e. The number of aromatic nitrogens is 8. The van der Waals surface area contributed by atoms with Crippen LogP contribution in [0.4, 0.5) is 23.3 Å². The molecule has 9 N–H and O–H groups in total. The van der Waals surface area contributed by atoms with Gasteiger partial charge in [0.1, 0.15) is 45.9 Å². The van der Waals surface area contributed by atoms with Gasteiger partial charge in [0.2, 0.25) is 0 Å². The molecule has 4 fully saturated rings. The molecule has 4 aromatic carbocycles. The number of nitrogens with one attached hydrogen (secondary N) is 1. The number of piperazine rings is 2. The Morgan fingerprint density at radius 2 is 0.673 bits per heavy atom. The molecule has 12 aromatic rings. The number of nitrogens with zero attached hydrogens (tertiary/aromatic N) is 13. The molecule has 526 valence electrons. The second-order valence-corrected chi connectivity index (χ2v) is 27.8. The molecular formula is C77H88Cl4N18O2. The summed E-state index contributed by atoms with van der Waals surface area (Å²) in [5.41, 5.74) is 45.0. The molecule has 0 spiro atoms. The van der Waals surface area contributed by atoms with Crippen LogP contribution in [0.3, 0.4) is 0 Å². The second-order valence-electron chi connectivity index (χ2n) is 26.2. The van der Waals surface area contributed by atoms with E-state index in [2.05, 4.69) is 173 Å². The van der Waals surface area contributed by atoms with Gasteiger partial charge in [0.15, 0.2) is 0 Å². The summed E-state index contributed by atoms with van der Waals surface area (Å²) in [6.45, 7) is 24.5. The predicted octanol–water partition coefficient (Wildman–Crippen LogP) is 12.5. The van der Waals surface area contributed by atoms with Crippen LogP contribution in [0.2, 0.25) is 20.1 Å². The first-order chi connectivity index (χ1) is 49.1. The van der Waals surface area contributed by atoms with Gasteiger partial charge in [0, 0.05) is 189 Å². The average molecular weight is 1440 g/mol. The fourth-order valence-electron chi connectivity index (χ4n) is 13.7. The summed E-state index contributed by atoms with van der Waals surface area (Å²) in [7, 11) is 2.16. The number of imidazole rings is 4. The maximum absolute atomic E-state index is 6.54. The molecule has 0 aliphatic carbocycles. The zero-order valence-corrected chi connectivity index (χ0v) is 61.0. The van der Waals surface area contributed by atoms with E-state index < -0.39 is 0 Å². The lowest BCUT2D eigenvalue weighted by molar-refractivity contribution is 0.122. The van der Waals surface area contributed by atoms with E-state index in [9.17, 15) is 0 Å². The number of benzene rings is 4. The van der Waals surface area contributed by atoms with Crippen molar-refractivity contribution in [3.63, 3.8) is 0 Å². The van der Waals surface area contributed by atoms with Crippen molar-refractivity contribution in [2.75, 3.05) is 132 Å². The standard InChI is InChI=1S/C20H24ClN5.C19H22ClN5.2C19H21ClN4O/c1-14-3-4-16(18(21)9-14)17-13-26-19(10-15(17)11-22)23-12-20(26)25-7-5-24(2)6-8-25;1-13-2-3-15(17(20)8-13)16-12-25-18(9-14(16)10-21)23-11-19(25)24-6-4-22-5-7-24;1-13-8-15(20)2-3-16(13)17-12-24-18(9-14(17)10-21)22-11-19(24)23-4-6-25-7-5-23;1-13-2-3-15(17(20)8-13)16-12-24-18(9-14(16)10-21)22-11-19(24)23-4-6-25-7-5-23/h3-4,9-10,12-13H,5-8,11,22H2,1-2H3;2-3,8-9,11-12,22H,4-7,10,21H2,1H3;2*2-3,8-9,11-12H,4-7,10,21H2,1H3. The van der Waals surface area contributed by atoms with Gasteiger partial charge in [-0.3, -0.25) is 17.6 Å². The lowest BCUT2D eigenvalue weighted by Gasteiger charge is -2.33. The van der Waals surface area contributed by atoms with Crippen LogP contribution in [-0.4, -0.2) is 154 Å². The Morgan fingerprint density at radius 3 is 0.990 bits per heavy atom. The van der Waals surface area contributed by atoms with Crippen molar-refractivity contribution in [3.8, 4) is 44.5 Å². The Hall–Kier alpha value is -8.32. The molecule has 0 amide bonds. The van der Waals surface area contributed by atoms with Crippen molar-refractivity contribution < 1.29 is 9.47 Å². The molecule has 4 aliphatic rings. The number of morpholine rings is 2. The fourth-order valence-corrected chi connectivity index (χ4v) is 15.0. The third kappa shape index (κ3) is 15.6. The van der Waals surface area contributed by atoms with Crippen molar-refractivity contribution in [1.29, 1.82) is 0 Å². The van der Waals surface area contributed by atoms with Crippen LogP contribution in [-0.2, 0) is 35.7 Å². The predicted molar refractivity (Wildman–Crippen MR) is 414 cm³/mol. The van der Waals surface area contributed by atoms with Crippen molar-refractivity contribution in [1.82, 2.24) is 47.8 Å². The van der Waals surface area contributed by atoms with Crippen molar-refractivity contribution >= 4 is 92.3 Å². The highest BCUT2D eigenvalue weighted by Gasteiger charge is 2.24. The summed E-state index contributed by atoms with van der Waals surface area (Å²) >= 11 is 25.7. The lowest BCUT2D eigenvalue weighted by Crippen LogP contribution is -2.44. The number of rotatable bonds is 12. The van der Waals surface area contributed by atoms with E-state index in [1.165, 1.54) is 0 Å². The molecule has 4 aliphatic heterocycles. The second kappa shape index (κ2) is 31.9. The van der Waals surface area contributed by atoms with Crippen LogP contribution in [0.5, 0.6) is 0 Å². The van der Waals surface area contributed by atoms with E-state index in [1.807, 2.05) is 75.9 Å². The van der Waals surface area contributed by atoms with E-state index in [0.29, 0.717) is 26.2 Å². The topological polar surface area (TPSA) is 220 Å². The van der Waals surface area contributed by atoms with E-state index in [-0.39, 0.29) is 0 Å². The summed E-state index contributed by atoms with van der Waals surface area (Å²) in [5, 5.41) is 6.37. The minimum absolute atomic E-state index is 0.440. The lowest BCUT2D eigenvalue weighted by atomic mass is 9.98. The Kier molecular flexibility index (Phi) is 22.5. The first kappa shape index (κ1) is 71.1. The quantitative estimate of drug-likeness (QED) is 0.0768. The zero-order valence-electron chi connectivity index (χ0n) is 58.0. The molecule has 12 heterocycles. The van der Waals surface area contributed by atoms with Crippen LogP contribution < -0.4 is 47.9 Å². The van der Waals surface area contributed by atoms with Crippen molar-refractivity contribution in [3.05, 3.63) is 211 Å². The van der Waals surface area contributed by atoms with Gasteiger partial charge < -0.3 is 62.2 Å². The Bertz CT molecular complexity index is 4540. The number of aryl methyl sites for hydroxylation is 4. The van der Waals surface area contributed by atoms with Gasteiger partial charge in [-0.05, 0) is 139 Å². The normalized spacial score (nSPS) is 15.3. The van der Waals surface area contributed by atoms with E-state index in [4.69, 9.17) is 78.8 Å². The number of hydrogen-bond donors (Lipinski definition) is 5. The summed E-state index contributed by atoms with van der Waals surface area (Å²) in [5.74, 6) is 4.41. The molecular weight excluding hydrogens is 1350 g/mol. The summed E-state index contributed by atoms with van der Waals surface area (Å²) < 4.78 is 19.5. The number of nitrogens with two attached hydrogens (primary N) is 4. The maximum atomic E-state index is 6.54. The number of halogens is 4. The molecule has 24 heteroatoms. The van der Waals surface area contributed by atoms with E-state index >= 15 is 0 Å². The number of hydrogen-bond acceptors (Lipinski definition) is 16. The highest BCUT2D eigenvalue weighted by atomic mass is 35.5. The van der Waals surface area contributed by atoms with Crippen molar-refractivity contribution in [2.24, 2.45) is 22.9 Å². The Labute approximate surface area is 609 Å². The third-order valence-electron chi connectivity index (χ3n) is 19.4. The minimum Gasteiger partial charge on any atom is -0.378 e. The van der Waals surface area contributed by atoms with Gasteiger partial charge in [0.05, 0.1) is 51.2 Å². The summed E-state index contributed by atoms with van der Waals surface area (Å²) in [4.78, 5) is 30.1. The SMILES string of the molecule is Cc1cc(Cl)ccc1-c1cn2c(N3CCOCC3)cnc2cc1CN.Cc1ccc(-c2cn3c(N4CCN(C)CC4)cnc3cc2CN)c(Cl)c1.Cc1ccc(-c2cn3c(N4CCNCC4)cnc3cc2CN)c(Cl)c1.Cc1ccc(-c2cn3c(N4CCOCC4)cnc3cc2CN)c(Cl)c1. The third-order valence-corrected chi connectivity index (χ3v) is 20.6. The molecule has 4 saturated heterocycles. The molecule has 16 rings (SSSR count). The van der Waals surface area contributed by atoms with E-state index in [0.717, 1.165) is 260 Å². The van der Waals surface area contributed by atoms with Gasteiger partial charge in [-0.1, -0.05) is 88.9 Å². The Balaban J connectivity index is 0.000000120. The number of ether oxygens (including phenoxy) is 2. The zero-order chi connectivity index (χ0) is 70.4. The van der Waals surface area contributed by atoms with Gasteiger partial charge in [0.25, 0.3) is 0 Å². The van der Waals surface area contributed by atoms with E-state index in [1.54, 1.807) is 0 Å². The number of pyridine rings is 4. The number of fused-ring (bicyclic) bond motifs is 4. The summed E-state index contributed by atoms with van der Waals surface area (Å²) in [6, 6.07) is 32.6. The first-order valence-corrected chi connectivity index (χ1v) is 36.0. The van der Waals surface area contributed by atoms with Crippen LogP contribution >= 0.6 is 46.4 Å². The highest BCUT2D eigenvalue weighted by molar-refractivity contribution is 6.34. The Morgan fingerprint density at radius 1 is 0.366 bits per heavy atom. The number of likely N-dealkylation sites (N-methyl/N-ethyl adjacent to an activating group) is 1. The van der Waals surface area contributed by atoms with Gasteiger partial charge in [-0.2, -0.15) is 0 Å². The van der Waals surface area contributed by atoms with Gasteiger partial charge in [-0.25, -0.2) is 19.9 Å². The first-order valence-electron chi connectivity index (χ1n) is 34.5. The van der Waals surface area contributed by atoms with Crippen LogP contribution in [0.25, 0.3) is 67.1 Å². The summed E-state index contributed by atoms with van der Waals surface area (Å²) in [6.07, 6.45) is 16.3.